The molecule has 1 saturated heterocycles. The van der Waals surface area contributed by atoms with Gasteiger partial charge in [0.05, 0.1) is 12.6 Å². The van der Waals surface area contributed by atoms with Gasteiger partial charge in [-0.25, -0.2) is 4.79 Å². The van der Waals surface area contributed by atoms with Gasteiger partial charge in [0.15, 0.2) is 5.79 Å². The molecule has 5 nitrogen and oxygen atoms in total. The van der Waals surface area contributed by atoms with Gasteiger partial charge < -0.3 is 14.2 Å². The van der Waals surface area contributed by atoms with Crippen molar-refractivity contribution >= 4 is 6.09 Å². The normalized spacial score (nSPS) is 22.4. The van der Waals surface area contributed by atoms with Crippen LogP contribution < -0.4 is 0 Å². The van der Waals surface area contributed by atoms with Crippen molar-refractivity contribution in [3.8, 4) is 0 Å². The number of ether oxygens (including phenoxy) is 3. The summed E-state index contributed by atoms with van der Waals surface area (Å²) < 4.78 is 16.8. The Kier molecular flexibility index (Phi) is 5.59. The summed E-state index contributed by atoms with van der Waals surface area (Å²) in [7, 11) is 0. The summed E-state index contributed by atoms with van der Waals surface area (Å²) in [5.74, 6) is -0.653. The lowest BCUT2D eigenvalue weighted by atomic mass is 10.1. The maximum atomic E-state index is 12.4. The molecule has 0 bridgehead atoms. The molecular formula is C16H27NO4. The van der Waals surface area contributed by atoms with Crippen molar-refractivity contribution in [1.82, 2.24) is 4.90 Å². The molecule has 5 heteroatoms. The predicted octanol–water partition coefficient (Wildman–Crippen LogP) is 3.12. The highest BCUT2D eigenvalue weighted by molar-refractivity contribution is 5.69. The lowest BCUT2D eigenvalue weighted by molar-refractivity contribution is -0.143. The van der Waals surface area contributed by atoms with Crippen LogP contribution in [-0.4, -0.2) is 47.7 Å². The van der Waals surface area contributed by atoms with Crippen molar-refractivity contribution in [2.24, 2.45) is 0 Å². The average molecular weight is 297 g/mol. The number of nitrogens with zero attached hydrogens (tertiary/aromatic N) is 1. The molecule has 1 heterocycles. The molecule has 0 aliphatic carbocycles. The Bertz CT molecular complexity index is 398. The van der Waals surface area contributed by atoms with Gasteiger partial charge in [0.1, 0.15) is 11.7 Å². The van der Waals surface area contributed by atoms with E-state index in [1.165, 1.54) is 0 Å². The lowest BCUT2D eigenvalue weighted by Crippen LogP contribution is -2.49. The number of carbonyl (C=O) groups is 1. The molecule has 0 aromatic carbocycles. The number of rotatable bonds is 5. The maximum Gasteiger partial charge on any atom is 0.411 e. The Morgan fingerprint density at radius 2 is 2.10 bits per heavy atom. The highest BCUT2D eigenvalue weighted by Gasteiger charge is 2.40. The van der Waals surface area contributed by atoms with Crippen LogP contribution in [0, 0.1) is 0 Å². The van der Waals surface area contributed by atoms with Gasteiger partial charge in [0.25, 0.3) is 0 Å². The summed E-state index contributed by atoms with van der Waals surface area (Å²) in [6, 6.07) is -0.334. The molecule has 1 fully saturated rings. The minimum atomic E-state index is -0.653. The van der Waals surface area contributed by atoms with E-state index < -0.39 is 17.5 Å². The molecule has 0 spiro atoms. The van der Waals surface area contributed by atoms with Crippen LogP contribution in [0.2, 0.25) is 0 Å². The lowest BCUT2D eigenvalue weighted by Gasteiger charge is -2.34. The number of hydrogen-bond acceptors (Lipinski definition) is 4. The van der Waals surface area contributed by atoms with E-state index in [9.17, 15) is 4.79 Å². The molecule has 1 aliphatic heterocycles. The summed E-state index contributed by atoms with van der Waals surface area (Å²) >= 11 is 0. The van der Waals surface area contributed by atoms with E-state index in [-0.39, 0.29) is 12.1 Å². The fourth-order valence-corrected chi connectivity index (χ4v) is 2.14. The Hall–Kier alpha value is -1.33. The third-order valence-electron chi connectivity index (χ3n) is 2.97. The summed E-state index contributed by atoms with van der Waals surface area (Å²) in [6.07, 6.45) is 2.65. The van der Waals surface area contributed by atoms with Gasteiger partial charge in [-0.2, -0.15) is 0 Å². The molecule has 0 N–H and O–H groups in total. The summed E-state index contributed by atoms with van der Waals surface area (Å²) in [5.41, 5.74) is -0.561. The highest BCUT2D eigenvalue weighted by atomic mass is 16.7. The zero-order chi connectivity index (χ0) is 16.3. The number of hydrogen-bond donors (Lipinski definition) is 0. The van der Waals surface area contributed by atoms with E-state index >= 15 is 0 Å². The van der Waals surface area contributed by atoms with Crippen LogP contribution in [0.5, 0.6) is 0 Å². The van der Waals surface area contributed by atoms with E-state index in [0.717, 1.165) is 0 Å². The van der Waals surface area contributed by atoms with Crippen molar-refractivity contribution in [2.45, 2.75) is 58.2 Å². The summed E-state index contributed by atoms with van der Waals surface area (Å²) in [5, 5.41) is 0. The van der Waals surface area contributed by atoms with Gasteiger partial charge in [-0.1, -0.05) is 12.2 Å². The molecule has 1 rings (SSSR count). The molecule has 1 amide bonds. The molecule has 21 heavy (non-hydrogen) atoms. The second kappa shape index (κ2) is 6.62. The van der Waals surface area contributed by atoms with E-state index in [4.69, 9.17) is 14.2 Å². The molecule has 120 valence electrons. The van der Waals surface area contributed by atoms with E-state index in [1.807, 2.05) is 34.6 Å². The van der Waals surface area contributed by atoms with Crippen LogP contribution in [0.3, 0.4) is 0 Å². The molecule has 2 atom stereocenters. The minimum Gasteiger partial charge on any atom is -0.444 e. The van der Waals surface area contributed by atoms with Gasteiger partial charge in [-0.15, -0.1) is 13.2 Å². The van der Waals surface area contributed by atoms with Crippen LogP contribution in [0.1, 0.15) is 34.6 Å². The fraction of sp³-hybridized carbons (Fsp3) is 0.688. The van der Waals surface area contributed by atoms with E-state index in [2.05, 4.69) is 13.2 Å². The Labute approximate surface area is 127 Å². The van der Waals surface area contributed by atoms with Crippen LogP contribution >= 0.6 is 0 Å². The molecule has 0 saturated carbocycles. The van der Waals surface area contributed by atoms with Gasteiger partial charge in [0, 0.05) is 6.54 Å². The Morgan fingerprint density at radius 1 is 1.48 bits per heavy atom. The average Bonchev–Trinajstić information content (AvgIpc) is 2.67. The highest BCUT2D eigenvalue weighted by Crippen LogP contribution is 2.27. The second-order valence-corrected chi connectivity index (χ2v) is 6.51. The molecule has 1 aliphatic rings. The quantitative estimate of drug-likeness (QED) is 0.732. The standard InChI is InChI=1S/C16H27NO4/c1-8-10-17(14(18)21-15(3,4)5)12(9-2)13-11-19-16(6,7)20-13/h8-9,12-13H,1-2,10-11H2,3-7H3. The molecule has 0 aromatic heterocycles. The van der Waals surface area contributed by atoms with Crippen LogP contribution in [0.25, 0.3) is 0 Å². The van der Waals surface area contributed by atoms with Gasteiger partial charge >= 0.3 is 6.09 Å². The third-order valence-corrected chi connectivity index (χ3v) is 2.97. The van der Waals surface area contributed by atoms with Gasteiger partial charge in [-0.3, -0.25) is 4.90 Å². The monoisotopic (exact) mass is 297 g/mol. The van der Waals surface area contributed by atoms with Crippen molar-refractivity contribution in [3.63, 3.8) is 0 Å². The van der Waals surface area contributed by atoms with Crippen molar-refractivity contribution in [1.29, 1.82) is 0 Å². The first kappa shape index (κ1) is 17.7. The Balaban J connectivity index is 2.88. The van der Waals surface area contributed by atoms with E-state index in [0.29, 0.717) is 13.2 Å². The Morgan fingerprint density at radius 3 is 2.48 bits per heavy atom. The number of carbonyl (C=O) groups excluding carboxylic acids is 1. The smallest absolute Gasteiger partial charge is 0.411 e. The van der Waals surface area contributed by atoms with Gasteiger partial charge in [0.2, 0.25) is 0 Å². The second-order valence-electron chi connectivity index (χ2n) is 6.51. The van der Waals surface area contributed by atoms with Crippen LogP contribution in [0.15, 0.2) is 25.3 Å². The van der Waals surface area contributed by atoms with Crippen LogP contribution in [0.4, 0.5) is 4.79 Å². The number of amides is 1. The first-order valence-electron chi connectivity index (χ1n) is 7.14. The first-order valence-corrected chi connectivity index (χ1v) is 7.14. The topological polar surface area (TPSA) is 48.0 Å². The van der Waals surface area contributed by atoms with Crippen molar-refractivity contribution in [2.75, 3.05) is 13.2 Å². The maximum absolute atomic E-state index is 12.4. The van der Waals surface area contributed by atoms with Crippen molar-refractivity contribution < 1.29 is 19.0 Å². The summed E-state index contributed by atoms with van der Waals surface area (Å²) in [4.78, 5) is 13.9. The van der Waals surface area contributed by atoms with Crippen LogP contribution in [-0.2, 0) is 14.2 Å². The zero-order valence-corrected chi connectivity index (χ0v) is 13.7. The van der Waals surface area contributed by atoms with Crippen molar-refractivity contribution in [3.05, 3.63) is 25.3 Å². The zero-order valence-electron chi connectivity index (χ0n) is 13.7. The van der Waals surface area contributed by atoms with Gasteiger partial charge in [-0.05, 0) is 34.6 Å². The molecule has 0 radical (unpaired) electrons. The minimum absolute atomic E-state index is 0.273. The van der Waals surface area contributed by atoms with E-state index in [1.54, 1.807) is 17.1 Å². The predicted molar refractivity (Wildman–Crippen MR) is 82.0 cm³/mol. The molecular weight excluding hydrogens is 270 g/mol. The largest absolute Gasteiger partial charge is 0.444 e. The third kappa shape index (κ3) is 5.17. The summed E-state index contributed by atoms with van der Waals surface area (Å²) in [6.45, 7) is 17.5. The first-order chi connectivity index (χ1) is 9.59. The molecule has 2 unspecified atom stereocenters. The SMILES string of the molecule is C=CCN(C(=O)OC(C)(C)C)C(C=C)C1COC(C)(C)O1. The fourth-order valence-electron chi connectivity index (χ4n) is 2.14. The molecule has 0 aromatic rings.